The van der Waals surface area contributed by atoms with Crippen LogP contribution in [0.25, 0.3) is 11.0 Å². The number of benzene rings is 1. The summed E-state index contributed by atoms with van der Waals surface area (Å²) in [7, 11) is 3.10. The van der Waals surface area contributed by atoms with Crippen molar-refractivity contribution in [2.24, 2.45) is 0 Å². The van der Waals surface area contributed by atoms with Gasteiger partial charge in [-0.25, -0.2) is 4.98 Å². The fourth-order valence-electron chi connectivity index (χ4n) is 2.07. The van der Waals surface area contributed by atoms with Crippen molar-refractivity contribution in [2.45, 2.75) is 0 Å². The molecule has 7 heteroatoms. The molecule has 0 aliphatic carbocycles. The number of hydrogen-bond donors (Lipinski definition) is 2. The zero-order valence-electron chi connectivity index (χ0n) is 12.1. The number of carbonyl (C=O) groups is 1. The summed E-state index contributed by atoms with van der Waals surface area (Å²) >= 11 is 0. The predicted octanol–water partition coefficient (Wildman–Crippen LogP) is 2.23. The number of methoxy groups -OCH3 is 2. The van der Waals surface area contributed by atoms with Gasteiger partial charge < -0.3 is 19.8 Å². The van der Waals surface area contributed by atoms with E-state index in [-0.39, 0.29) is 11.7 Å². The minimum Gasteiger partial charge on any atom is -0.493 e. The number of anilines is 1. The first-order chi connectivity index (χ1) is 10.7. The van der Waals surface area contributed by atoms with E-state index in [1.54, 1.807) is 50.9 Å². The Kier molecular flexibility index (Phi) is 3.61. The fraction of sp³-hybridized carbons (Fsp3) is 0.133. The lowest BCUT2D eigenvalue weighted by molar-refractivity contribution is 0.101. The number of aromatic nitrogens is 3. The van der Waals surface area contributed by atoms with Crippen LogP contribution in [-0.4, -0.2) is 35.1 Å². The Hall–Kier alpha value is -3.09. The lowest BCUT2D eigenvalue weighted by Crippen LogP contribution is -2.13. The Morgan fingerprint density at radius 3 is 2.50 bits per heavy atom. The molecular weight excluding hydrogens is 284 g/mol. The number of ether oxygens (including phenoxy) is 2. The summed E-state index contributed by atoms with van der Waals surface area (Å²) in [6, 6.07) is 6.86. The molecule has 2 heterocycles. The van der Waals surface area contributed by atoms with Gasteiger partial charge in [-0.2, -0.15) is 0 Å². The second kappa shape index (κ2) is 5.72. The zero-order valence-corrected chi connectivity index (χ0v) is 12.1. The third-order valence-electron chi connectivity index (χ3n) is 3.14. The van der Waals surface area contributed by atoms with Gasteiger partial charge in [0, 0.05) is 30.2 Å². The third-order valence-corrected chi connectivity index (χ3v) is 3.14. The number of rotatable bonds is 4. The SMILES string of the molecule is COc1cc2nc(C(=O)Nc3ccncc3)[nH]c2cc1OC. The van der Waals surface area contributed by atoms with Crippen LogP contribution >= 0.6 is 0 Å². The second-order valence-corrected chi connectivity index (χ2v) is 4.50. The molecule has 1 amide bonds. The van der Waals surface area contributed by atoms with Gasteiger partial charge >= 0.3 is 0 Å². The third kappa shape index (κ3) is 2.56. The summed E-state index contributed by atoms with van der Waals surface area (Å²) in [5, 5.41) is 2.74. The maximum atomic E-state index is 12.2. The van der Waals surface area contributed by atoms with Gasteiger partial charge in [-0.15, -0.1) is 0 Å². The maximum absolute atomic E-state index is 12.2. The standard InChI is InChI=1S/C15H14N4O3/c1-21-12-7-10-11(8-13(12)22-2)19-14(18-10)15(20)17-9-3-5-16-6-4-9/h3-8H,1-2H3,(H,18,19)(H,16,17,20). The molecule has 0 spiro atoms. The molecule has 2 N–H and O–H groups in total. The van der Waals surface area contributed by atoms with E-state index in [0.29, 0.717) is 28.2 Å². The van der Waals surface area contributed by atoms with Gasteiger partial charge in [0.15, 0.2) is 17.3 Å². The van der Waals surface area contributed by atoms with Crippen molar-refractivity contribution >= 4 is 22.6 Å². The number of nitrogens with one attached hydrogen (secondary N) is 2. The number of amides is 1. The molecule has 7 nitrogen and oxygen atoms in total. The van der Waals surface area contributed by atoms with Crippen molar-refractivity contribution in [3.8, 4) is 11.5 Å². The van der Waals surface area contributed by atoms with Crippen LogP contribution in [0.1, 0.15) is 10.6 Å². The van der Waals surface area contributed by atoms with Crippen LogP contribution in [-0.2, 0) is 0 Å². The van der Waals surface area contributed by atoms with Gasteiger partial charge in [0.2, 0.25) is 0 Å². The highest BCUT2D eigenvalue weighted by molar-refractivity contribution is 6.03. The minimum absolute atomic E-state index is 0.210. The van der Waals surface area contributed by atoms with Crippen molar-refractivity contribution in [2.75, 3.05) is 19.5 Å². The van der Waals surface area contributed by atoms with Crippen LogP contribution in [0, 0.1) is 0 Å². The number of nitrogens with zero attached hydrogens (tertiary/aromatic N) is 2. The summed E-state index contributed by atoms with van der Waals surface area (Å²) in [5.41, 5.74) is 1.96. The Morgan fingerprint density at radius 1 is 1.14 bits per heavy atom. The van der Waals surface area contributed by atoms with Crippen LogP contribution < -0.4 is 14.8 Å². The van der Waals surface area contributed by atoms with Crippen LogP contribution in [0.3, 0.4) is 0 Å². The molecule has 0 aliphatic heterocycles. The molecule has 0 saturated carbocycles. The first kappa shape index (κ1) is 13.9. The quantitative estimate of drug-likeness (QED) is 0.771. The zero-order chi connectivity index (χ0) is 15.5. The number of fused-ring (bicyclic) bond motifs is 1. The first-order valence-corrected chi connectivity index (χ1v) is 6.54. The lowest BCUT2D eigenvalue weighted by Gasteiger charge is -2.06. The van der Waals surface area contributed by atoms with Gasteiger partial charge in [-0.3, -0.25) is 9.78 Å². The molecule has 112 valence electrons. The topological polar surface area (TPSA) is 89.1 Å². The van der Waals surface area contributed by atoms with Gasteiger partial charge in [0.25, 0.3) is 5.91 Å². The lowest BCUT2D eigenvalue weighted by atomic mass is 10.3. The number of hydrogen-bond acceptors (Lipinski definition) is 5. The van der Waals surface area contributed by atoms with Crippen LogP contribution in [0.15, 0.2) is 36.7 Å². The van der Waals surface area contributed by atoms with Crippen LogP contribution in [0.5, 0.6) is 11.5 Å². The summed E-state index contributed by atoms with van der Waals surface area (Å²) in [6.07, 6.45) is 3.20. The fourth-order valence-corrected chi connectivity index (χ4v) is 2.07. The molecule has 0 radical (unpaired) electrons. The summed E-state index contributed by atoms with van der Waals surface area (Å²) < 4.78 is 10.5. The Labute approximate surface area is 126 Å². The van der Waals surface area contributed by atoms with E-state index in [2.05, 4.69) is 20.3 Å². The van der Waals surface area contributed by atoms with Crippen LogP contribution in [0.4, 0.5) is 5.69 Å². The predicted molar refractivity (Wildman–Crippen MR) is 81.4 cm³/mol. The van der Waals surface area contributed by atoms with Crippen molar-refractivity contribution in [3.05, 3.63) is 42.5 Å². The molecule has 0 bridgehead atoms. The molecular formula is C15H14N4O3. The molecule has 22 heavy (non-hydrogen) atoms. The number of carbonyl (C=O) groups excluding carboxylic acids is 1. The molecule has 3 rings (SSSR count). The van der Waals surface area contributed by atoms with E-state index in [9.17, 15) is 4.79 Å². The highest BCUT2D eigenvalue weighted by atomic mass is 16.5. The van der Waals surface area contributed by atoms with Crippen molar-refractivity contribution in [1.29, 1.82) is 0 Å². The van der Waals surface area contributed by atoms with E-state index in [4.69, 9.17) is 9.47 Å². The summed E-state index contributed by atoms with van der Waals surface area (Å²) in [4.78, 5) is 23.3. The molecule has 3 aromatic rings. The van der Waals surface area contributed by atoms with Crippen LogP contribution in [0.2, 0.25) is 0 Å². The van der Waals surface area contributed by atoms with Gasteiger partial charge in [0.1, 0.15) is 0 Å². The molecule has 0 saturated heterocycles. The molecule has 1 aromatic carbocycles. The highest BCUT2D eigenvalue weighted by Gasteiger charge is 2.14. The van der Waals surface area contributed by atoms with E-state index in [1.165, 1.54) is 0 Å². The average molecular weight is 298 g/mol. The molecule has 0 unspecified atom stereocenters. The monoisotopic (exact) mass is 298 g/mol. The van der Waals surface area contributed by atoms with Crippen molar-refractivity contribution in [1.82, 2.24) is 15.0 Å². The highest BCUT2D eigenvalue weighted by Crippen LogP contribution is 2.31. The molecule has 0 atom stereocenters. The number of pyridine rings is 1. The second-order valence-electron chi connectivity index (χ2n) is 4.50. The van der Waals surface area contributed by atoms with E-state index in [1.807, 2.05) is 0 Å². The van der Waals surface area contributed by atoms with E-state index in [0.717, 1.165) is 0 Å². The van der Waals surface area contributed by atoms with Gasteiger partial charge in [-0.1, -0.05) is 0 Å². The van der Waals surface area contributed by atoms with Gasteiger partial charge in [-0.05, 0) is 12.1 Å². The van der Waals surface area contributed by atoms with Crippen molar-refractivity contribution in [3.63, 3.8) is 0 Å². The Balaban J connectivity index is 1.93. The Morgan fingerprint density at radius 2 is 1.82 bits per heavy atom. The number of aromatic amines is 1. The minimum atomic E-state index is -0.333. The summed E-state index contributed by atoms with van der Waals surface area (Å²) in [5.74, 6) is 1.00. The maximum Gasteiger partial charge on any atom is 0.291 e. The Bertz CT molecular complexity index is 773. The smallest absolute Gasteiger partial charge is 0.291 e. The van der Waals surface area contributed by atoms with Crippen molar-refractivity contribution < 1.29 is 14.3 Å². The molecule has 0 aliphatic rings. The van der Waals surface area contributed by atoms with Gasteiger partial charge in [0.05, 0.1) is 25.3 Å². The molecule has 0 fully saturated rings. The first-order valence-electron chi connectivity index (χ1n) is 6.54. The van der Waals surface area contributed by atoms with E-state index < -0.39 is 0 Å². The number of H-pyrrole nitrogens is 1. The normalized spacial score (nSPS) is 10.5. The largest absolute Gasteiger partial charge is 0.493 e. The molecule has 2 aromatic heterocycles. The summed E-state index contributed by atoms with van der Waals surface area (Å²) in [6.45, 7) is 0. The number of imidazole rings is 1. The van der Waals surface area contributed by atoms with E-state index >= 15 is 0 Å². The average Bonchev–Trinajstić information content (AvgIpc) is 2.97.